The molecule has 0 spiro atoms. The van der Waals surface area contributed by atoms with E-state index in [1.54, 1.807) is 31.0 Å². The number of nitrogens with one attached hydrogen (secondary N) is 1. The van der Waals surface area contributed by atoms with Gasteiger partial charge >= 0.3 is 6.03 Å². The van der Waals surface area contributed by atoms with Crippen LogP contribution >= 0.6 is 0 Å². The average Bonchev–Trinajstić information content (AvgIpc) is 2.63. The van der Waals surface area contributed by atoms with E-state index in [2.05, 4.69) is 25.2 Å². The lowest BCUT2D eigenvalue weighted by molar-refractivity contribution is 0.191. The quantitative estimate of drug-likeness (QED) is 0.929. The number of anilines is 1. The van der Waals surface area contributed by atoms with E-state index in [4.69, 9.17) is 0 Å². The predicted octanol–water partition coefficient (Wildman–Crippen LogP) is 1.46. The van der Waals surface area contributed by atoms with Crippen molar-refractivity contribution < 1.29 is 4.79 Å². The highest BCUT2D eigenvalue weighted by molar-refractivity contribution is 5.75. The van der Waals surface area contributed by atoms with Crippen molar-refractivity contribution in [3.05, 3.63) is 48.7 Å². The maximum Gasteiger partial charge on any atom is 0.317 e. The van der Waals surface area contributed by atoms with E-state index in [1.807, 2.05) is 24.0 Å². The Bertz CT molecular complexity index is 628. The lowest BCUT2D eigenvalue weighted by Crippen LogP contribution is -2.52. The van der Waals surface area contributed by atoms with Gasteiger partial charge in [-0.2, -0.15) is 0 Å². The zero-order valence-corrected chi connectivity index (χ0v) is 13.1. The molecule has 1 aliphatic heterocycles. The molecule has 3 heterocycles. The normalized spacial score (nSPS) is 16.0. The third-order valence-corrected chi connectivity index (χ3v) is 3.99. The highest BCUT2D eigenvalue weighted by Crippen LogP contribution is 2.14. The van der Waals surface area contributed by atoms with Crippen LogP contribution in [0.5, 0.6) is 0 Å². The van der Waals surface area contributed by atoms with Crippen LogP contribution in [0.25, 0.3) is 0 Å². The third kappa shape index (κ3) is 3.74. The molecule has 1 aliphatic rings. The second-order valence-corrected chi connectivity index (χ2v) is 5.49. The first-order valence-corrected chi connectivity index (χ1v) is 7.70. The summed E-state index contributed by atoms with van der Waals surface area (Å²) in [6.45, 7) is 4.84. The Morgan fingerprint density at radius 2 is 1.83 bits per heavy atom. The van der Waals surface area contributed by atoms with Crippen molar-refractivity contribution >= 4 is 11.8 Å². The zero-order chi connectivity index (χ0) is 16.1. The number of carbonyl (C=O) groups excluding carboxylic acids is 1. The summed E-state index contributed by atoms with van der Waals surface area (Å²) in [4.78, 5) is 28.7. The van der Waals surface area contributed by atoms with Gasteiger partial charge in [0.2, 0.25) is 0 Å². The Labute approximate surface area is 135 Å². The first-order valence-electron chi connectivity index (χ1n) is 7.70. The highest BCUT2D eigenvalue weighted by atomic mass is 16.2. The van der Waals surface area contributed by atoms with Gasteiger partial charge in [-0.25, -0.2) is 9.78 Å². The van der Waals surface area contributed by atoms with Gasteiger partial charge in [0, 0.05) is 51.0 Å². The Kier molecular flexibility index (Phi) is 4.65. The van der Waals surface area contributed by atoms with Crippen LogP contribution in [0.15, 0.2) is 43.1 Å². The number of pyridine rings is 1. The molecule has 23 heavy (non-hydrogen) atoms. The Morgan fingerprint density at radius 1 is 1.09 bits per heavy atom. The average molecular weight is 312 g/mol. The molecule has 1 fully saturated rings. The second kappa shape index (κ2) is 7.04. The molecule has 0 unspecified atom stereocenters. The molecule has 1 N–H and O–H groups in total. The topological polar surface area (TPSA) is 74.2 Å². The highest BCUT2D eigenvalue weighted by Gasteiger charge is 2.23. The summed E-state index contributed by atoms with van der Waals surface area (Å²) in [5, 5.41) is 3.03. The van der Waals surface area contributed by atoms with Crippen molar-refractivity contribution in [2.24, 2.45) is 0 Å². The Morgan fingerprint density at radius 3 is 2.48 bits per heavy atom. The van der Waals surface area contributed by atoms with Crippen LogP contribution < -0.4 is 10.2 Å². The van der Waals surface area contributed by atoms with Crippen LogP contribution in [0.1, 0.15) is 18.5 Å². The zero-order valence-electron chi connectivity index (χ0n) is 13.1. The standard InChI is InChI=1S/C16H20N6O/c1-13(14-2-4-17-5-3-14)20-16(23)22-10-8-21(9-11-22)15-12-18-6-7-19-15/h2-7,12-13H,8-11H2,1H3,(H,20,23)/t13-/m0/s1. The monoisotopic (exact) mass is 312 g/mol. The van der Waals surface area contributed by atoms with Crippen molar-refractivity contribution in [2.45, 2.75) is 13.0 Å². The van der Waals surface area contributed by atoms with Crippen molar-refractivity contribution in [3.8, 4) is 0 Å². The number of carbonyl (C=O) groups is 1. The molecule has 0 radical (unpaired) electrons. The van der Waals surface area contributed by atoms with E-state index >= 15 is 0 Å². The van der Waals surface area contributed by atoms with E-state index < -0.39 is 0 Å². The van der Waals surface area contributed by atoms with Crippen molar-refractivity contribution in [3.63, 3.8) is 0 Å². The number of rotatable bonds is 3. The first kappa shape index (κ1) is 15.2. The van der Waals surface area contributed by atoms with Crippen LogP contribution in [-0.2, 0) is 0 Å². The maximum atomic E-state index is 12.4. The van der Waals surface area contributed by atoms with E-state index in [1.165, 1.54) is 0 Å². The minimum absolute atomic E-state index is 0.0342. The number of aromatic nitrogens is 3. The first-order chi connectivity index (χ1) is 11.2. The molecule has 1 atom stereocenters. The van der Waals surface area contributed by atoms with E-state index in [0.717, 1.165) is 24.5 Å². The largest absolute Gasteiger partial charge is 0.352 e. The second-order valence-electron chi connectivity index (χ2n) is 5.49. The Hall–Kier alpha value is -2.70. The van der Waals surface area contributed by atoms with E-state index in [9.17, 15) is 4.79 Å². The van der Waals surface area contributed by atoms with Gasteiger partial charge < -0.3 is 15.1 Å². The van der Waals surface area contributed by atoms with Gasteiger partial charge in [0.25, 0.3) is 0 Å². The maximum absolute atomic E-state index is 12.4. The van der Waals surface area contributed by atoms with Gasteiger partial charge in [-0.05, 0) is 24.6 Å². The van der Waals surface area contributed by atoms with Crippen molar-refractivity contribution in [1.82, 2.24) is 25.2 Å². The summed E-state index contributed by atoms with van der Waals surface area (Å²) in [6.07, 6.45) is 8.56. The van der Waals surface area contributed by atoms with Gasteiger partial charge in [0.1, 0.15) is 5.82 Å². The summed E-state index contributed by atoms with van der Waals surface area (Å²) in [6, 6.07) is 3.75. The summed E-state index contributed by atoms with van der Waals surface area (Å²) in [5.74, 6) is 0.859. The number of hydrogen-bond donors (Lipinski definition) is 1. The van der Waals surface area contributed by atoms with Crippen LogP contribution in [0, 0.1) is 0 Å². The molecule has 7 nitrogen and oxygen atoms in total. The predicted molar refractivity (Wildman–Crippen MR) is 87.0 cm³/mol. The lowest BCUT2D eigenvalue weighted by atomic mass is 10.1. The molecule has 120 valence electrons. The fourth-order valence-electron chi connectivity index (χ4n) is 2.61. The number of urea groups is 1. The molecule has 0 bridgehead atoms. The van der Waals surface area contributed by atoms with Crippen LogP contribution in [0.2, 0.25) is 0 Å². The number of piperazine rings is 1. The fourth-order valence-corrected chi connectivity index (χ4v) is 2.61. The molecule has 0 aromatic carbocycles. The van der Waals surface area contributed by atoms with Gasteiger partial charge in [-0.1, -0.05) is 0 Å². The molecular formula is C16H20N6O. The van der Waals surface area contributed by atoms with E-state index in [0.29, 0.717) is 13.1 Å². The number of hydrogen-bond acceptors (Lipinski definition) is 5. The Balaban J connectivity index is 1.52. The SMILES string of the molecule is C[C@H](NC(=O)N1CCN(c2cnccn2)CC1)c1ccncc1. The van der Waals surface area contributed by atoms with Gasteiger partial charge in [0.05, 0.1) is 12.2 Å². The van der Waals surface area contributed by atoms with Crippen molar-refractivity contribution in [2.75, 3.05) is 31.1 Å². The molecule has 2 aromatic rings. The summed E-state index contributed by atoms with van der Waals surface area (Å²) in [7, 11) is 0. The molecule has 7 heteroatoms. The molecule has 0 saturated carbocycles. The minimum Gasteiger partial charge on any atom is -0.352 e. The third-order valence-electron chi connectivity index (χ3n) is 3.99. The smallest absolute Gasteiger partial charge is 0.317 e. The summed E-state index contributed by atoms with van der Waals surface area (Å²) in [5.41, 5.74) is 1.05. The molecule has 2 amide bonds. The summed E-state index contributed by atoms with van der Waals surface area (Å²) >= 11 is 0. The molecular weight excluding hydrogens is 292 g/mol. The van der Waals surface area contributed by atoms with E-state index in [-0.39, 0.29) is 12.1 Å². The number of amides is 2. The van der Waals surface area contributed by atoms with Gasteiger partial charge in [-0.15, -0.1) is 0 Å². The summed E-state index contributed by atoms with van der Waals surface area (Å²) < 4.78 is 0. The lowest BCUT2D eigenvalue weighted by Gasteiger charge is -2.35. The molecule has 2 aromatic heterocycles. The van der Waals surface area contributed by atoms with Crippen LogP contribution in [0.3, 0.4) is 0 Å². The van der Waals surface area contributed by atoms with Crippen LogP contribution in [0.4, 0.5) is 10.6 Å². The minimum atomic E-state index is -0.0384. The van der Waals surface area contributed by atoms with Gasteiger partial charge in [0.15, 0.2) is 0 Å². The molecule has 0 aliphatic carbocycles. The molecule has 1 saturated heterocycles. The van der Waals surface area contributed by atoms with Gasteiger partial charge in [-0.3, -0.25) is 9.97 Å². The van der Waals surface area contributed by atoms with Crippen molar-refractivity contribution in [1.29, 1.82) is 0 Å². The van der Waals surface area contributed by atoms with Crippen LogP contribution in [-0.4, -0.2) is 52.1 Å². The molecule has 3 rings (SSSR count). The fraction of sp³-hybridized carbons (Fsp3) is 0.375. The number of nitrogens with zero attached hydrogens (tertiary/aromatic N) is 5.